The fourth-order valence-corrected chi connectivity index (χ4v) is 3.20. The van der Waals surface area contributed by atoms with Crippen LogP contribution in [-0.2, 0) is 6.42 Å². The predicted octanol–water partition coefficient (Wildman–Crippen LogP) is 4.20. The Morgan fingerprint density at radius 2 is 1.57 bits per heavy atom. The molecule has 0 aliphatic carbocycles. The number of alkyl halides is 1. The van der Waals surface area contributed by atoms with E-state index in [0.29, 0.717) is 5.56 Å². The number of ketones is 1. The first-order valence-corrected chi connectivity index (χ1v) is 7.94. The molecule has 0 aromatic heterocycles. The topological polar surface area (TPSA) is 29.1 Å². The molecule has 110 valence electrons. The van der Waals surface area contributed by atoms with E-state index in [1.54, 1.807) is 0 Å². The fourth-order valence-electron chi connectivity index (χ4n) is 2.31. The summed E-state index contributed by atoms with van der Waals surface area (Å²) >= 11 is 3.47. The van der Waals surface area contributed by atoms with Crippen LogP contribution in [0.25, 0.3) is 0 Å². The van der Waals surface area contributed by atoms with Crippen molar-refractivity contribution in [2.24, 2.45) is 0 Å². The molecule has 0 heterocycles. The molecule has 0 radical (unpaired) electrons. The van der Waals surface area contributed by atoms with Crippen LogP contribution >= 0.6 is 15.9 Å². The Morgan fingerprint density at radius 1 is 1.05 bits per heavy atom. The van der Waals surface area contributed by atoms with Crippen molar-refractivity contribution in [3.8, 4) is 0 Å². The van der Waals surface area contributed by atoms with Gasteiger partial charge in [0.05, 0.1) is 0 Å². The molecule has 2 aromatic carbocycles. The summed E-state index contributed by atoms with van der Waals surface area (Å²) in [7, 11) is 0. The lowest BCUT2D eigenvalue weighted by Crippen LogP contribution is -2.48. The number of hydrogen-bond donors (Lipinski definition) is 1. The third kappa shape index (κ3) is 4.80. The van der Waals surface area contributed by atoms with Crippen molar-refractivity contribution in [3.63, 3.8) is 0 Å². The summed E-state index contributed by atoms with van der Waals surface area (Å²) < 4.78 is 0. The van der Waals surface area contributed by atoms with E-state index in [0.717, 1.165) is 6.42 Å². The number of rotatable bonds is 6. The third-order valence-corrected chi connectivity index (χ3v) is 3.94. The number of halogens is 1. The number of benzene rings is 2. The Labute approximate surface area is 134 Å². The molecule has 1 unspecified atom stereocenters. The van der Waals surface area contributed by atoms with Gasteiger partial charge >= 0.3 is 0 Å². The molecule has 2 aromatic rings. The van der Waals surface area contributed by atoms with Crippen LogP contribution in [0.4, 0.5) is 0 Å². The lowest BCUT2D eigenvalue weighted by atomic mass is 9.94. The van der Waals surface area contributed by atoms with Gasteiger partial charge in [0.25, 0.3) is 0 Å². The summed E-state index contributed by atoms with van der Waals surface area (Å²) in [5, 5.41) is 3.37. The van der Waals surface area contributed by atoms with E-state index in [-0.39, 0.29) is 11.3 Å². The van der Waals surface area contributed by atoms with Gasteiger partial charge in [-0.05, 0) is 25.8 Å². The van der Waals surface area contributed by atoms with E-state index in [9.17, 15) is 4.79 Å². The van der Waals surface area contributed by atoms with Crippen LogP contribution in [0.15, 0.2) is 60.7 Å². The summed E-state index contributed by atoms with van der Waals surface area (Å²) in [6.07, 6.45) is 0.859. The predicted molar refractivity (Wildman–Crippen MR) is 90.8 cm³/mol. The van der Waals surface area contributed by atoms with E-state index in [1.807, 2.05) is 48.5 Å². The maximum atomic E-state index is 12.4. The SMILES string of the molecule is CC(C)(Cc1ccccc1)NC(Br)C(=O)c1ccccc1. The van der Waals surface area contributed by atoms with E-state index in [2.05, 4.69) is 47.2 Å². The molecule has 2 rings (SSSR count). The van der Waals surface area contributed by atoms with Crippen molar-refractivity contribution in [3.05, 3.63) is 71.8 Å². The highest BCUT2D eigenvalue weighted by atomic mass is 79.9. The second kappa shape index (κ2) is 7.01. The Hall–Kier alpha value is -1.45. The van der Waals surface area contributed by atoms with Gasteiger partial charge in [0.1, 0.15) is 4.95 Å². The van der Waals surface area contributed by atoms with Crippen LogP contribution in [0.3, 0.4) is 0 Å². The van der Waals surface area contributed by atoms with Gasteiger partial charge in [-0.2, -0.15) is 0 Å². The molecule has 0 saturated carbocycles. The molecule has 21 heavy (non-hydrogen) atoms. The van der Waals surface area contributed by atoms with Crippen LogP contribution in [0.2, 0.25) is 0 Å². The molecule has 0 aliphatic heterocycles. The van der Waals surface area contributed by atoms with Gasteiger partial charge in [0.2, 0.25) is 0 Å². The van der Waals surface area contributed by atoms with Crippen molar-refractivity contribution in [1.29, 1.82) is 0 Å². The molecule has 3 heteroatoms. The van der Waals surface area contributed by atoms with E-state index in [4.69, 9.17) is 0 Å². The molecule has 0 fully saturated rings. The standard InChI is InChI=1S/C18H20BrNO/c1-18(2,13-14-9-5-3-6-10-14)20-17(19)16(21)15-11-7-4-8-12-15/h3-12,17,20H,13H2,1-2H3. The molecule has 0 saturated heterocycles. The summed E-state index contributed by atoms with van der Waals surface area (Å²) in [6, 6.07) is 19.6. The second-order valence-electron chi connectivity index (χ2n) is 5.78. The quantitative estimate of drug-likeness (QED) is 0.483. The van der Waals surface area contributed by atoms with Gasteiger partial charge in [-0.25, -0.2) is 0 Å². The minimum absolute atomic E-state index is 0.0525. The zero-order chi connectivity index (χ0) is 15.3. The van der Waals surface area contributed by atoms with Crippen molar-refractivity contribution in [2.75, 3.05) is 0 Å². The Bertz CT molecular complexity index is 581. The zero-order valence-corrected chi connectivity index (χ0v) is 13.9. The molecule has 0 spiro atoms. The van der Waals surface area contributed by atoms with Gasteiger partial charge in [0, 0.05) is 11.1 Å². The number of nitrogens with one attached hydrogen (secondary N) is 1. The van der Waals surface area contributed by atoms with E-state index < -0.39 is 4.95 Å². The number of hydrogen-bond acceptors (Lipinski definition) is 2. The van der Waals surface area contributed by atoms with Crippen molar-refractivity contribution >= 4 is 21.7 Å². The number of carbonyl (C=O) groups excluding carboxylic acids is 1. The smallest absolute Gasteiger partial charge is 0.190 e. The molecule has 0 amide bonds. The van der Waals surface area contributed by atoms with Crippen LogP contribution in [-0.4, -0.2) is 16.3 Å². The zero-order valence-electron chi connectivity index (χ0n) is 12.3. The van der Waals surface area contributed by atoms with Crippen LogP contribution in [0, 0.1) is 0 Å². The highest BCUT2D eigenvalue weighted by Crippen LogP contribution is 2.17. The number of Topliss-reactive ketones (excluding diaryl/α,β-unsaturated/α-hetero) is 1. The molecule has 2 nitrogen and oxygen atoms in total. The lowest BCUT2D eigenvalue weighted by molar-refractivity contribution is 0.0968. The first-order valence-electron chi connectivity index (χ1n) is 7.03. The summed E-state index contributed by atoms with van der Waals surface area (Å²) in [6.45, 7) is 4.21. The Balaban J connectivity index is 2.01. The third-order valence-electron chi connectivity index (χ3n) is 3.29. The molecule has 1 atom stereocenters. The highest BCUT2D eigenvalue weighted by molar-refractivity contribution is 9.10. The molecule has 1 N–H and O–H groups in total. The van der Waals surface area contributed by atoms with Crippen LogP contribution in [0.1, 0.15) is 29.8 Å². The average molecular weight is 346 g/mol. The first-order chi connectivity index (χ1) is 9.98. The van der Waals surface area contributed by atoms with Crippen LogP contribution < -0.4 is 5.32 Å². The normalized spacial score (nSPS) is 12.9. The van der Waals surface area contributed by atoms with Gasteiger partial charge < -0.3 is 0 Å². The van der Waals surface area contributed by atoms with Crippen molar-refractivity contribution in [2.45, 2.75) is 30.8 Å². The maximum absolute atomic E-state index is 12.4. The largest absolute Gasteiger partial charge is 0.293 e. The van der Waals surface area contributed by atoms with Gasteiger partial charge in [-0.1, -0.05) is 76.6 Å². The fraction of sp³-hybridized carbons (Fsp3) is 0.278. The summed E-state index contributed by atoms with van der Waals surface area (Å²) in [5.41, 5.74) is 1.78. The van der Waals surface area contributed by atoms with Gasteiger partial charge in [-0.3, -0.25) is 10.1 Å². The Morgan fingerprint density at radius 3 is 2.14 bits per heavy atom. The second-order valence-corrected chi connectivity index (χ2v) is 6.70. The summed E-state index contributed by atoms with van der Waals surface area (Å²) in [5.74, 6) is 0.0525. The molecular weight excluding hydrogens is 326 g/mol. The summed E-state index contributed by atoms with van der Waals surface area (Å²) in [4.78, 5) is 12.0. The average Bonchev–Trinajstić information content (AvgIpc) is 2.47. The molecule has 0 bridgehead atoms. The van der Waals surface area contributed by atoms with E-state index >= 15 is 0 Å². The van der Waals surface area contributed by atoms with Gasteiger partial charge in [0.15, 0.2) is 5.78 Å². The maximum Gasteiger partial charge on any atom is 0.190 e. The van der Waals surface area contributed by atoms with E-state index in [1.165, 1.54) is 5.56 Å². The van der Waals surface area contributed by atoms with Gasteiger partial charge in [-0.15, -0.1) is 0 Å². The first kappa shape index (κ1) is 15.9. The van der Waals surface area contributed by atoms with Crippen LogP contribution in [0.5, 0.6) is 0 Å². The highest BCUT2D eigenvalue weighted by Gasteiger charge is 2.25. The number of carbonyl (C=O) groups is 1. The minimum atomic E-state index is -0.390. The van der Waals surface area contributed by atoms with Crippen molar-refractivity contribution < 1.29 is 4.79 Å². The molecule has 0 aliphatic rings. The Kier molecular flexibility index (Phi) is 5.32. The lowest BCUT2D eigenvalue weighted by Gasteiger charge is -2.29. The molecular formula is C18H20BrNO. The minimum Gasteiger partial charge on any atom is -0.293 e. The monoisotopic (exact) mass is 345 g/mol. The van der Waals surface area contributed by atoms with Crippen molar-refractivity contribution in [1.82, 2.24) is 5.32 Å².